The molecule has 1 unspecified atom stereocenters. The molecule has 0 amide bonds. The topological polar surface area (TPSA) is 0 Å². The Morgan fingerprint density at radius 1 is 0.609 bits per heavy atom. The van der Waals surface area contributed by atoms with Crippen LogP contribution >= 0.6 is 9.24 Å². The van der Waals surface area contributed by atoms with Crippen molar-refractivity contribution in [3.63, 3.8) is 0 Å². The Labute approximate surface area is 141 Å². The van der Waals surface area contributed by atoms with Gasteiger partial charge in [0.25, 0.3) is 0 Å². The first-order chi connectivity index (χ1) is 11.0. The summed E-state index contributed by atoms with van der Waals surface area (Å²) in [6.07, 6.45) is 0. The molecule has 0 nitrogen and oxygen atoms in total. The monoisotopic (exact) mass is 318 g/mol. The molecule has 23 heavy (non-hydrogen) atoms. The van der Waals surface area contributed by atoms with Gasteiger partial charge in [-0.3, -0.25) is 0 Å². The first kappa shape index (κ1) is 16.0. The first-order valence-corrected chi connectivity index (χ1v) is 8.59. The van der Waals surface area contributed by atoms with E-state index in [0.29, 0.717) is 0 Å². The average molecular weight is 318 g/mol. The van der Waals surface area contributed by atoms with Crippen molar-refractivity contribution in [1.82, 2.24) is 0 Å². The largest absolute Gasteiger partial charge is 0.105 e. The number of benzene rings is 3. The lowest BCUT2D eigenvalue weighted by atomic mass is 9.89. The van der Waals surface area contributed by atoms with E-state index in [-0.39, 0.29) is 0 Å². The molecule has 0 saturated heterocycles. The van der Waals surface area contributed by atoms with Crippen molar-refractivity contribution in [2.75, 3.05) is 0 Å². The third-order valence-electron chi connectivity index (χ3n) is 4.44. The zero-order chi connectivity index (χ0) is 16.6. The van der Waals surface area contributed by atoms with Gasteiger partial charge in [0.15, 0.2) is 0 Å². The van der Waals surface area contributed by atoms with Gasteiger partial charge < -0.3 is 0 Å². The summed E-state index contributed by atoms with van der Waals surface area (Å²) in [5.41, 5.74) is 10.5. The van der Waals surface area contributed by atoms with Gasteiger partial charge in [-0.25, -0.2) is 0 Å². The normalized spacial score (nSPS) is 10.8. The van der Waals surface area contributed by atoms with E-state index in [9.17, 15) is 0 Å². The Hall–Kier alpha value is -1.91. The highest BCUT2D eigenvalue weighted by Gasteiger charge is 2.14. The lowest BCUT2D eigenvalue weighted by Gasteiger charge is -2.17. The van der Waals surface area contributed by atoms with Crippen molar-refractivity contribution in [1.29, 1.82) is 0 Å². The molecule has 0 saturated carbocycles. The van der Waals surface area contributed by atoms with Crippen LogP contribution in [0.5, 0.6) is 0 Å². The Balaban J connectivity index is 2.34. The van der Waals surface area contributed by atoms with Crippen LogP contribution in [0.3, 0.4) is 0 Å². The van der Waals surface area contributed by atoms with Crippen LogP contribution in [0.4, 0.5) is 0 Å². The van der Waals surface area contributed by atoms with Crippen molar-refractivity contribution in [2.24, 2.45) is 0 Å². The van der Waals surface area contributed by atoms with E-state index in [1.165, 1.54) is 49.8 Å². The number of aryl methyl sites for hydroxylation is 4. The van der Waals surface area contributed by atoms with E-state index in [1.807, 2.05) is 0 Å². The smallest absolute Gasteiger partial charge is 0.00308 e. The number of rotatable bonds is 2. The molecular weight excluding hydrogens is 295 g/mol. The van der Waals surface area contributed by atoms with Gasteiger partial charge in [0.1, 0.15) is 0 Å². The maximum absolute atomic E-state index is 2.91. The SMILES string of the molecule is Cc1ccc(C)c(-c2cccc(P)c2-c2cc(C)ccc2C)c1. The zero-order valence-corrected chi connectivity index (χ0v) is 15.4. The zero-order valence-electron chi connectivity index (χ0n) is 14.3. The summed E-state index contributed by atoms with van der Waals surface area (Å²) in [4.78, 5) is 0. The van der Waals surface area contributed by atoms with Crippen LogP contribution in [0.2, 0.25) is 0 Å². The van der Waals surface area contributed by atoms with Crippen molar-refractivity contribution in [3.05, 3.63) is 76.9 Å². The summed E-state index contributed by atoms with van der Waals surface area (Å²) in [7, 11) is 2.91. The minimum Gasteiger partial charge on any atom is -0.105 e. The fraction of sp³-hybridized carbons (Fsp3) is 0.182. The molecule has 0 N–H and O–H groups in total. The van der Waals surface area contributed by atoms with Crippen molar-refractivity contribution in [3.8, 4) is 22.3 Å². The van der Waals surface area contributed by atoms with E-state index in [4.69, 9.17) is 0 Å². The summed E-state index contributed by atoms with van der Waals surface area (Å²) in [5.74, 6) is 0. The predicted octanol–water partition coefficient (Wildman–Crippen LogP) is 5.75. The first-order valence-electron chi connectivity index (χ1n) is 8.01. The predicted molar refractivity (Wildman–Crippen MR) is 106 cm³/mol. The number of hydrogen-bond donors (Lipinski definition) is 0. The molecule has 3 aromatic carbocycles. The highest BCUT2D eigenvalue weighted by molar-refractivity contribution is 7.28. The van der Waals surface area contributed by atoms with Gasteiger partial charge in [-0.15, -0.1) is 9.24 Å². The van der Waals surface area contributed by atoms with Gasteiger partial charge in [-0.1, -0.05) is 65.7 Å². The number of hydrogen-bond acceptors (Lipinski definition) is 0. The second-order valence-corrected chi connectivity index (χ2v) is 7.03. The molecule has 0 radical (unpaired) electrons. The van der Waals surface area contributed by atoms with Crippen LogP contribution in [0.15, 0.2) is 54.6 Å². The molecule has 0 heterocycles. The average Bonchev–Trinajstić information content (AvgIpc) is 2.52. The van der Waals surface area contributed by atoms with E-state index >= 15 is 0 Å². The molecule has 0 fully saturated rings. The van der Waals surface area contributed by atoms with Gasteiger partial charge in [0, 0.05) is 0 Å². The second kappa shape index (κ2) is 6.30. The molecule has 0 aliphatic rings. The van der Waals surface area contributed by atoms with Crippen molar-refractivity contribution in [2.45, 2.75) is 27.7 Å². The standard InChI is InChI=1S/C22H23P/c1-14-8-10-16(3)19(12-14)18-6-5-7-21(23)22(18)20-13-15(2)9-11-17(20)4/h5-13H,23H2,1-4H3. The minimum atomic E-state index is 1.25. The van der Waals surface area contributed by atoms with Gasteiger partial charge in [-0.05, 0) is 66.4 Å². The highest BCUT2D eigenvalue weighted by atomic mass is 31.0. The summed E-state index contributed by atoms with van der Waals surface area (Å²) < 4.78 is 0. The molecule has 1 atom stereocenters. The van der Waals surface area contributed by atoms with E-state index in [1.54, 1.807) is 0 Å². The molecule has 3 aromatic rings. The van der Waals surface area contributed by atoms with Crippen LogP contribution in [-0.4, -0.2) is 0 Å². The maximum Gasteiger partial charge on any atom is -0.00308 e. The molecule has 0 aliphatic carbocycles. The van der Waals surface area contributed by atoms with Crippen LogP contribution in [-0.2, 0) is 0 Å². The second-order valence-electron chi connectivity index (χ2n) is 6.41. The van der Waals surface area contributed by atoms with Crippen LogP contribution in [0, 0.1) is 27.7 Å². The fourth-order valence-corrected chi connectivity index (χ4v) is 3.55. The summed E-state index contributed by atoms with van der Waals surface area (Å²) in [6.45, 7) is 8.70. The third-order valence-corrected chi connectivity index (χ3v) is 4.92. The third kappa shape index (κ3) is 3.09. The van der Waals surface area contributed by atoms with Crippen LogP contribution < -0.4 is 5.30 Å². The lowest BCUT2D eigenvalue weighted by Crippen LogP contribution is -2.02. The minimum absolute atomic E-state index is 1.25. The van der Waals surface area contributed by atoms with Gasteiger partial charge in [-0.2, -0.15) is 0 Å². The van der Waals surface area contributed by atoms with Crippen LogP contribution in [0.25, 0.3) is 22.3 Å². The van der Waals surface area contributed by atoms with E-state index in [0.717, 1.165) is 0 Å². The molecule has 0 aliphatic heterocycles. The van der Waals surface area contributed by atoms with Crippen molar-refractivity contribution >= 4 is 14.5 Å². The van der Waals surface area contributed by atoms with Gasteiger partial charge in [0.2, 0.25) is 0 Å². The molecule has 0 aromatic heterocycles. The summed E-state index contributed by atoms with van der Waals surface area (Å²) in [6, 6.07) is 20.0. The Morgan fingerprint density at radius 2 is 1.17 bits per heavy atom. The maximum atomic E-state index is 2.91. The molecule has 3 rings (SSSR count). The Kier molecular flexibility index (Phi) is 4.37. The molecule has 116 valence electrons. The molecule has 1 heteroatoms. The molecular formula is C22H23P. The van der Waals surface area contributed by atoms with Gasteiger partial charge in [0.05, 0.1) is 0 Å². The molecule has 0 spiro atoms. The quantitative estimate of drug-likeness (QED) is 0.527. The van der Waals surface area contributed by atoms with E-state index < -0.39 is 0 Å². The van der Waals surface area contributed by atoms with Crippen molar-refractivity contribution < 1.29 is 0 Å². The Morgan fingerprint density at radius 3 is 1.83 bits per heavy atom. The van der Waals surface area contributed by atoms with E-state index in [2.05, 4.69) is 91.5 Å². The van der Waals surface area contributed by atoms with Gasteiger partial charge >= 0.3 is 0 Å². The molecule has 0 bridgehead atoms. The highest BCUT2D eigenvalue weighted by Crippen LogP contribution is 2.36. The Bertz CT molecular complexity index is 875. The summed E-state index contributed by atoms with van der Waals surface area (Å²) in [5, 5.41) is 1.25. The van der Waals surface area contributed by atoms with Crippen LogP contribution in [0.1, 0.15) is 22.3 Å². The lowest BCUT2D eigenvalue weighted by molar-refractivity contribution is 1.38. The summed E-state index contributed by atoms with van der Waals surface area (Å²) >= 11 is 0. The fourth-order valence-electron chi connectivity index (χ4n) is 3.13.